The highest BCUT2D eigenvalue weighted by Gasteiger charge is 2.26. The van der Waals surface area contributed by atoms with E-state index in [1.165, 1.54) is 6.08 Å². The molecule has 3 aromatic rings. The fourth-order valence-corrected chi connectivity index (χ4v) is 3.22. The molecule has 0 N–H and O–H groups in total. The molecule has 30 heavy (non-hydrogen) atoms. The van der Waals surface area contributed by atoms with E-state index >= 15 is 0 Å². The highest BCUT2D eigenvalue weighted by Crippen LogP contribution is 2.27. The number of hydrogen-bond acceptors (Lipinski definition) is 5. The number of aliphatic imine (C=N–C) groups is 1. The minimum Gasteiger partial charge on any atom is -0.422 e. The molecule has 1 heterocycles. The van der Waals surface area contributed by atoms with Gasteiger partial charge >= 0.3 is 11.9 Å². The Bertz CT molecular complexity index is 1200. The Kier molecular flexibility index (Phi) is 5.79. The van der Waals surface area contributed by atoms with Gasteiger partial charge in [0.15, 0.2) is 5.70 Å². The Labute approximate surface area is 185 Å². The number of carbonyl (C=O) groups is 2. The van der Waals surface area contributed by atoms with E-state index in [4.69, 9.17) is 21.1 Å². The number of ether oxygens (including phenoxy) is 2. The number of cyclic esters (lactones) is 1. The van der Waals surface area contributed by atoms with Crippen molar-refractivity contribution in [2.75, 3.05) is 0 Å². The number of hydrogen-bond donors (Lipinski definition) is 0. The molecule has 4 rings (SSSR count). The van der Waals surface area contributed by atoms with Gasteiger partial charge in [-0.2, -0.15) is 0 Å². The van der Waals surface area contributed by atoms with Crippen molar-refractivity contribution in [2.24, 2.45) is 4.99 Å². The lowest BCUT2D eigenvalue weighted by Crippen LogP contribution is -2.09. The lowest BCUT2D eigenvalue weighted by atomic mass is 10.1. The predicted molar refractivity (Wildman–Crippen MR) is 118 cm³/mol. The first-order chi connectivity index (χ1) is 14.5. The first kappa shape index (κ1) is 20.1. The van der Waals surface area contributed by atoms with E-state index in [2.05, 4.69) is 20.9 Å². The van der Waals surface area contributed by atoms with Crippen molar-refractivity contribution >= 4 is 51.4 Å². The van der Waals surface area contributed by atoms with Crippen LogP contribution in [0.15, 0.2) is 88.0 Å². The Morgan fingerprint density at radius 3 is 2.47 bits per heavy atom. The number of halogens is 2. The summed E-state index contributed by atoms with van der Waals surface area (Å²) in [4.78, 5) is 29.0. The summed E-state index contributed by atoms with van der Waals surface area (Å²) in [7, 11) is 0. The van der Waals surface area contributed by atoms with Gasteiger partial charge in [0, 0.05) is 10.0 Å². The van der Waals surface area contributed by atoms with Crippen LogP contribution in [-0.4, -0.2) is 17.8 Å². The summed E-state index contributed by atoms with van der Waals surface area (Å²) in [6, 6.07) is 20.6. The van der Waals surface area contributed by atoms with Crippen LogP contribution in [0.4, 0.5) is 0 Å². The molecule has 7 heteroatoms. The topological polar surface area (TPSA) is 65.0 Å². The molecule has 0 aliphatic carbocycles. The molecule has 1 aliphatic heterocycles. The molecule has 5 nitrogen and oxygen atoms in total. The number of esters is 2. The summed E-state index contributed by atoms with van der Waals surface area (Å²) < 4.78 is 11.6. The van der Waals surface area contributed by atoms with Crippen LogP contribution in [0.25, 0.3) is 6.08 Å². The minimum atomic E-state index is -0.612. The maximum Gasteiger partial charge on any atom is 0.363 e. The molecule has 148 valence electrons. The van der Waals surface area contributed by atoms with Crippen LogP contribution in [0, 0.1) is 0 Å². The largest absolute Gasteiger partial charge is 0.422 e. The Hall–Kier alpha value is -3.22. The summed E-state index contributed by atoms with van der Waals surface area (Å²) >= 11 is 9.49. The second-order valence-corrected chi connectivity index (χ2v) is 7.57. The summed E-state index contributed by atoms with van der Waals surface area (Å²) in [6.07, 6.45) is 1.51. The number of nitrogens with zero attached hydrogens (tertiary/aromatic N) is 1. The normalized spacial score (nSPS) is 14.4. The third-order valence-electron chi connectivity index (χ3n) is 4.22. The van der Waals surface area contributed by atoms with Gasteiger partial charge in [0.2, 0.25) is 5.90 Å². The first-order valence-corrected chi connectivity index (χ1v) is 10.0. The van der Waals surface area contributed by atoms with Gasteiger partial charge in [0.1, 0.15) is 5.75 Å². The highest BCUT2D eigenvalue weighted by atomic mass is 79.9. The molecule has 0 amide bonds. The SMILES string of the molecule is O=C1OC(c2ccccc2Cl)=N/C1=C\c1ccccc1OC(=O)c1ccc(Br)cc1. The molecule has 0 bridgehead atoms. The van der Waals surface area contributed by atoms with Gasteiger partial charge in [0.05, 0.1) is 16.1 Å². The fourth-order valence-electron chi connectivity index (χ4n) is 2.74. The molecule has 0 saturated heterocycles. The smallest absolute Gasteiger partial charge is 0.363 e. The van der Waals surface area contributed by atoms with Crippen molar-refractivity contribution in [3.63, 3.8) is 0 Å². The van der Waals surface area contributed by atoms with E-state index in [-0.39, 0.29) is 11.6 Å². The third-order valence-corrected chi connectivity index (χ3v) is 5.08. The predicted octanol–water partition coefficient (Wildman–Crippen LogP) is 5.67. The van der Waals surface area contributed by atoms with Crippen LogP contribution in [0.1, 0.15) is 21.5 Å². The zero-order chi connectivity index (χ0) is 21.1. The fraction of sp³-hybridized carbons (Fsp3) is 0. The van der Waals surface area contributed by atoms with E-state index in [0.717, 1.165) is 4.47 Å². The molecule has 0 saturated carbocycles. The Balaban J connectivity index is 1.63. The average Bonchev–Trinajstić information content (AvgIpc) is 3.10. The van der Waals surface area contributed by atoms with Crippen molar-refractivity contribution in [3.8, 4) is 5.75 Å². The van der Waals surface area contributed by atoms with E-state index in [1.807, 2.05) is 0 Å². The average molecular weight is 483 g/mol. The van der Waals surface area contributed by atoms with Crippen molar-refractivity contribution in [3.05, 3.63) is 105 Å². The summed E-state index contributed by atoms with van der Waals surface area (Å²) in [5.41, 5.74) is 1.52. The van der Waals surface area contributed by atoms with Crippen LogP contribution in [-0.2, 0) is 9.53 Å². The summed E-state index contributed by atoms with van der Waals surface area (Å²) in [5.74, 6) is -0.699. The molecule has 0 spiro atoms. The number of para-hydroxylation sites is 1. The molecule has 0 atom stereocenters. The van der Waals surface area contributed by atoms with Gasteiger partial charge < -0.3 is 9.47 Å². The van der Waals surface area contributed by atoms with Crippen LogP contribution in [0.5, 0.6) is 5.75 Å². The van der Waals surface area contributed by atoms with Gasteiger partial charge in [-0.05, 0) is 48.5 Å². The number of rotatable bonds is 4. The first-order valence-electron chi connectivity index (χ1n) is 8.85. The van der Waals surface area contributed by atoms with Crippen molar-refractivity contribution in [2.45, 2.75) is 0 Å². The van der Waals surface area contributed by atoms with Gasteiger partial charge in [-0.25, -0.2) is 14.6 Å². The second-order valence-electron chi connectivity index (χ2n) is 6.25. The number of benzene rings is 3. The van der Waals surface area contributed by atoms with Gasteiger partial charge in [-0.15, -0.1) is 0 Å². The molecular formula is C23H13BrClNO4. The summed E-state index contributed by atoms with van der Waals surface area (Å²) in [6.45, 7) is 0. The lowest BCUT2D eigenvalue weighted by Gasteiger charge is -2.07. The highest BCUT2D eigenvalue weighted by molar-refractivity contribution is 9.10. The van der Waals surface area contributed by atoms with E-state index < -0.39 is 11.9 Å². The van der Waals surface area contributed by atoms with Gasteiger partial charge in [0.25, 0.3) is 0 Å². The van der Waals surface area contributed by atoms with E-state index in [1.54, 1.807) is 72.8 Å². The molecule has 0 aromatic heterocycles. The van der Waals surface area contributed by atoms with Crippen molar-refractivity contribution in [1.82, 2.24) is 0 Å². The quantitative estimate of drug-likeness (QED) is 0.273. The Morgan fingerprint density at radius 2 is 1.70 bits per heavy atom. The lowest BCUT2D eigenvalue weighted by molar-refractivity contribution is -0.129. The maximum absolute atomic E-state index is 12.5. The zero-order valence-electron chi connectivity index (χ0n) is 15.3. The van der Waals surface area contributed by atoms with Crippen LogP contribution in [0.3, 0.4) is 0 Å². The molecule has 3 aromatic carbocycles. The van der Waals surface area contributed by atoms with Gasteiger partial charge in [-0.1, -0.05) is 57.9 Å². The Morgan fingerprint density at radius 1 is 1.00 bits per heavy atom. The third kappa shape index (κ3) is 4.35. The standard InChI is InChI=1S/C23H13BrClNO4/c24-16-11-9-14(10-12-16)22(27)29-20-8-4-1-5-15(20)13-19-23(28)30-21(26-19)17-6-2-3-7-18(17)25/h1-13H/b19-13-. The van der Waals surface area contributed by atoms with Crippen molar-refractivity contribution < 1.29 is 19.1 Å². The molecular weight excluding hydrogens is 470 g/mol. The van der Waals surface area contributed by atoms with Crippen molar-refractivity contribution in [1.29, 1.82) is 0 Å². The number of carbonyl (C=O) groups excluding carboxylic acids is 2. The zero-order valence-corrected chi connectivity index (χ0v) is 17.7. The van der Waals surface area contributed by atoms with Crippen LogP contribution < -0.4 is 4.74 Å². The molecule has 0 unspecified atom stereocenters. The minimum absolute atomic E-state index is 0.0806. The van der Waals surface area contributed by atoms with E-state index in [9.17, 15) is 9.59 Å². The maximum atomic E-state index is 12.5. The van der Waals surface area contributed by atoms with Crippen LogP contribution in [0.2, 0.25) is 5.02 Å². The molecule has 0 fully saturated rings. The monoisotopic (exact) mass is 481 g/mol. The summed E-state index contributed by atoms with van der Waals surface area (Å²) in [5, 5.41) is 0.425. The van der Waals surface area contributed by atoms with Crippen LogP contribution >= 0.6 is 27.5 Å². The molecule has 0 radical (unpaired) electrons. The van der Waals surface area contributed by atoms with E-state index in [0.29, 0.717) is 27.5 Å². The van der Waals surface area contributed by atoms with Gasteiger partial charge in [-0.3, -0.25) is 0 Å². The molecule has 1 aliphatic rings. The second kappa shape index (κ2) is 8.65.